The van der Waals surface area contributed by atoms with Gasteiger partial charge in [0.25, 0.3) is 0 Å². The Kier molecular flexibility index (Phi) is 8.51. The maximum atomic E-state index is 12.4. The summed E-state index contributed by atoms with van der Waals surface area (Å²) >= 11 is 23.7. The number of halogens is 4. The van der Waals surface area contributed by atoms with Gasteiger partial charge in [-0.2, -0.15) is 0 Å². The molecule has 1 fully saturated rings. The van der Waals surface area contributed by atoms with Gasteiger partial charge in [-0.05, 0) is 36.4 Å². The number of urea groups is 2. The van der Waals surface area contributed by atoms with Crippen molar-refractivity contribution in [1.29, 1.82) is 0 Å². The third-order valence-electron chi connectivity index (χ3n) is 4.72. The van der Waals surface area contributed by atoms with Crippen LogP contribution in [0.25, 0.3) is 0 Å². The Balaban J connectivity index is 1.35. The van der Waals surface area contributed by atoms with Crippen molar-refractivity contribution in [2.75, 3.05) is 49.9 Å². The van der Waals surface area contributed by atoms with Crippen molar-refractivity contribution in [3.05, 3.63) is 56.5 Å². The lowest BCUT2D eigenvalue weighted by Gasteiger charge is -2.34. The van der Waals surface area contributed by atoms with E-state index in [2.05, 4.69) is 20.9 Å². The van der Waals surface area contributed by atoms with Crippen LogP contribution in [0.5, 0.6) is 0 Å². The SMILES string of the molecule is O=C(NCCN1CCN(C(=O)Nc2ccc(Cl)c(Cl)c2)CC1)Nc1ccc(Cl)c(Cl)c1. The average Bonchev–Trinajstić information content (AvgIpc) is 2.74. The van der Waals surface area contributed by atoms with E-state index in [1.165, 1.54) is 0 Å². The molecule has 31 heavy (non-hydrogen) atoms. The van der Waals surface area contributed by atoms with Gasteiger partial charge in [0.2, 0.25) is 0 Å². The molecule has 0 saturated carbocycles. The molecule has 4 amide bonds. The topological polar surface area (TPSA) is 76.7 Å². The Bertz CT molecular complexity index is 948. The average molecular weight is 505 g/mol. The van der Waals surface area contributed by atoms with Crippen LogP contribution in [-0.2, 0) is 0 Å². The van der Waals surface area contributed by atoms with Crippen molar-refractivity contribution in [3.8, 4) is 0 Å². The normalized spacial score (nSPS) is 14.3. The van der Waals surface area contributed by atoms with Crippen molar-refractivity contribution in [2.24, 2.45) is 0 Å². The lowest BCUT2D eigenvalue weighted by molar-refractivity contribution is 0.148. The van der Waals surface area contributed by atoms with Crippen molar-refractivity contribution in [2.45, 2.75) is 0 Å². The van der Waals surface area contributed by atoms with Gasteiger partial charge in [0, 0.05) is 50.6 Å². The second-order valence-corrected chi connectivity index (χ2v) is 8.53. The number of nitrogens with zero attached hydrogens (tertiary/aromatic N) is 2. The molecule has 1 aliphatic rings. The van der Waals surface area contributed by atoms with Crippen LogP contribution < -0.4 is 16.0 Å². The highest BCUT2D eigenvalue weighted by molar-refractivity contribution is 6.42. The number of anilines is 2. The van der Waals surface area contributed by atoms with E-state index in [-0.39, 0.29) is 12.1 Å². The molecule has 3 N–H and O–H groups in total. The van der Waals surface area contributed by atoms with Crippen LogP contribution in [0.1, 0.15) is 0 Å². The van der Waals surface area contributed by atoms with Gasteiger partial charge in [-0.3, -0.25) is 4.90 Å². The molecule has 0 atom stereocenters. The van der Waals surface area contributed by atoms with Crippen LogP contribution in [0.2, 0.25) is 20.1 Å². The fraction of sp³-hybridized carbons (Fsp3) is 0.300. The molecule has 0 unspecified atom stereocenters. The maximum Gasteiger partial charge on any atom is 0.321 e. The molecule has 2 aromatic carbocycles. The van der Waals surface area contributed by atoms with Gasteiger partial charge in [0.15, 0.2) is 0 Å². The minimum absolute atomic E-state index is 0.183. The predicted octanol–water partition coefficient (Wildman–Crippen LogP) is 5.27. The lowest BCUT2D eigenvalue weighted by atomic mass is 10.3. The number of hydrogen-bond acceptors (Lipinski definition) is 3. The van der Waals surface area contributed by atoms with Gasteiger partial charge in [0.1, 0.15) is 0 Å². The molecule has 1 saturated heterocycles. The Hall–Kier alpha value is -1.90. The second-order valence-electron chi connectivity index (χ2n) is 6.90. The van der Waals surface area contributed by atoms with Crippen molar-refractivity contribution in [1.82, 2.24) is 15.1 Å². The summed E-state index contributed by atoms with van der Waals surface area (Å²) in [4.78, 5) is 28.4. The molecular weight excluding hydrogens is 484 g/mol. The van der Waals surface area contributed by atoms with Crippen LogP contribution in [0.15, 0.2) is 36.4 Å². The highest BCUT2D eigenvalue weighted by Gasteiger charge is 2.21. The molecule has 11 heteroatoms. The minimum Gasteiger partial charge on any atom is -0.337 e. The molecular formula is C20H21Cl4N5O2. The van der Waals surface area contributed by atoms with Gasteiger partial charge in [-0.15, -0.1) is 0 Å². The van der Waals surface area contributed by atoms with Crippen LogP contribution in [-0.4, -0.2) is 61.1 Å². The zero-order valence-electron chi connectivity index (χ0n) is 16.4. The fourth-order valence-corrected chi connectivity index (χ4v) is 3.62. The van der Waals surface area contributed by atoms with Crippen molar-refractivity contribution in [3.63, 3.8) is 0 Å². The van der Waals surface area contributed by atoms with Gasteiger partial charge in [-0.1, -0.05) is 46.4 Å². The predicted molar refractivity (Wildman–Crippen MR) is 127 cm³/mol. The molecule has 0 radical (unpaired) electrons. The largest absolute Gasteiger partial charge is 0.337 e. The first-order valence-electron chi connectivity index (χ1n) is 9.55. The van der Waals surface area contributed by atoms with E-state index in [0.29, 0.717) is 70.7 Å². The van der Waals surface area contributed by atoms with Crippen LogP contribution in [0, 0.1) is 0 Å². The molecule has 0 spiro atoms. The smallest absolute Gasteiger partial charge is 0.321 e. The monoisotopic (exact) mass is 503 g/mol. The number of hydrogen-bond donors (Lipinski definition) is 3. The number of carbonyl (C=O) groups excluding carboxylic acids is 2. The van der Waals surface area contributed by atoms with E-state index in [4.69, 9.17) is 46.4 Å². The van der Waals surface area contributed by atoms with Gasteiger partial charge in [0.05, 0.1) is 20.1 Å². The highest BCUT2D eigenvalue weighted by atomic mass is 35.5. The Morgan fingerprint density at radius 1 is 0.774 bits per heavy atom. The number of nitrogens with one attached hydrogen (secondary N) is 3. The summed E-state index contributed by atoms with van der Waals surface area (Å²) in [5.74, 6) is 0. The second kappa shape index (κ2) is 11.1. The molecule has 0 bridgehead atoms. The number of amides is 4. The molecule has 1 aliphatic heterocycles. The third-order valence-corrected chi connectivity index (χ3v) is 6.20. The Morgan fingerprint density at radius 2 is 1.32 bits per heavy atom. The van der Waals surface area contributed by atoms with E-state index in [1.54, 1.807) is 41.3 Å². The molecule has 7 nitrogen and oxygen atoms in total. The van der Waals surface area contributed by atoms with E-state index in [0.717, 1.165) is 0 Å². The zero-order valence-corrected chi connectivity index (χ0v) is 19.5. The molecule has 2 aromatic rings. The quantitative estimate of drug-likeness (QED) is 0.519. The lowest BCUT2D eigenvalue weighted by Crippen LogP contribution is -2.51. The number of carbonyl (C=O) groups is 2. The van der Waals surface area contributed by atoms with Crippen molar-refractivity contribution >= 4 is 69.8 Å². The first-order valence-corrected chi connectivity index (χ1v) is 11.1. The summed E-state index contributed by atoms with van der Waals surface area (Å²) in [6, 6.07) is 9.35. The van der Waals surface area contributed by atoms with Crippen molar-refractivity contribution < 1.29 is 9.59 Å². The maximum absolute atomic E-state index is 12.4. The molecule has 0 aromatic heterocycles. The zero-order chi connectivity index (χ0) is 22.4. The summed E-state index contributed by atoms with van der Waals surface area (Å²) in [6.07, 6.45) is 0. The number of benzene rings is 2. The van der Waals surface area contributed by atoms with Crippen LogP contribution >= 0.6 is 46.4 Å². The summed E-state index contributed by atoms with van der Waals surface area (Å²) in [5, 5.41) is 9.97. The van der Waals surface area contributed by atoms with Gasteiger partial charge >= 0.3 is 12.1 Å². The summed E-state index contributed by atoms with van der Waals surface area (Å²) in [6.45, 7) is 3.75. The van der Waals surface area contributed by atoms with E-state index in [1.807, 2.05) is 0 Å². The number of rotatable bonds is 5. The standard InChI is InChI=1S/C20H21Cl4N5O2/c21-15-3-1-13(11-17(15)23)26-19(30)25-5-6-28-7-9-29(10-8-28)20(31)27-14-2-4-16(22)18(24)12-14/h1-4,11-12H,5-10H2,(H,27,31)(H2,25,26,30). The van der Waals surface area contributed by atoms with Crippen LogP contribution in [0.4, 0.5) is 21.0 Å². The third kappa shape index (κ3) is 7.05. The van der Waals surface area contributed by atoms with E-state index >= 15 is 0 Å². The fourth-order valence-electron chi connectivity index (χ4n) is 3.03. The van der Waals surface area contributed by atoms with Crippen LogP contribution in [0.3, 0.4) is 0 Å². The first-order chi connectivity index (χ1) is 14.8. The summed E-state index contributed by atoms with van der Waals surface area (Å²) in [7, 11) is 0. The first kappa shape index (κ1) is 23.8. The molecule has 166 valence electrons. The van der Waals surface area contributed by atoms with Gasteiger partial charge in [-0.25, -0.2) is 9.59 Å². The Labute approximate surface area is 200 Å². The summed E-state index contributed by atoms with van der Waals surface area (Å²) in [5.41, 5.74) is 1.16. The molecule has 0 aliphatic carbocycles. The number of piperazine rings is 1. The van der Waals surface area contributed by atoms with E-state index in [9.17, 15) is 9.59 Å². The summed E-state index contributed by atoms with van der Waals surface area (Å²) < 4.78 is 0. The molecule has 1 heterocycles. The molecule has 3 rings (SSSR count). The van der Waals surface area contributed by atoms with E-state index < -0.39 is 0 Å². The minimum atomic E-state index is -0.321. The van der Waals surface area contributed by atoms with Gasteiger partial charge < -0.3 is 20.9 Å². The highest BCUT2D eigenvalue weighted by Crippen LogP contribution is 2.26. The Morgan fingerprint density at radius 3 is 1.87 bits per heavy atom.